The summed E-state index contributed by atoms with van der Waals surface area (Å²) in [6.07, 6.45) is 5.57. The highest BCUT2D eigenvalue weighted by Gasteiger charge is 2.21. The number of nitrogens with zero attached hydrogens (tertiary/aromatic N) is 2. The summed E-state index contributed by atoms with van der Waals surface area (Å²) in [5, 5.41) is 0.0732. The second-order valence-corrected chi connectivity index (χ2v) is 4.53. The number of hydrogen-bond acceptors (Lipinski definition) is 4. The van der Waals surface area contributed by atoms with Crippen LogP contribution in [0.25, 0.3) is 22.2 Å². The van der Waals surface area contributed by atoms with Crippen LogP contribution < -0.4 is 0 Å². The highest BCUT2D eigenvalue weighted by Crippen LogP contribution is 2.29. The molecule has 0 aliphatic carbocycles. The maximum atomic E-state index is 14.0. The first kappa shape index (κ1) is 13.1. The summed E-state index contributed by atoms with van der Waals surface area (Å²) in [5.41, 5.74) is 1.54. The van der Waals surface area contributed by atoms with Crippen molar-refractivity contribution >= 4 is 22.5 Å². The summed E-state index contributed by atoms with van der Waals surface area (Å²) in [4.78, 5) is 34.0. The van der Waals surface area contributed by atoms with Gasteiger partial charge in [-0.3, -0.25) is 19.6 Å². The van der Waals surface area contributed by atoms with Gasteiger partial charge in [0.1, 0.15) is 0 Å². The quantitative estimate of drug-likeness (QED) is 0.592. The number of ketones is 2. The van der Waals surface area contributed by atoms with E-state index in [9.17, 15) is 14.0 Å². The van der Waals surface area contributed by atoms with Crippen LogP contribution in [0.3, 0.4) is 0 Å². The Balaban J connectivity index is 2.30. The molecule has 3 aromatic rings. The van der Waals surface area contributed by atoms with E-state index >= 15 is 0 Å². The van der Waals surface area contributed by atoms with E-state index in [0.29, 0.717) is 16.8 Å². The fraction of sp³-hybridized carbons (Fsp3) is 0.0667. The van der Waals surface area contributed by atoms with Crippen molar-refractivity contribution in [1.29, 1.82) is 0 Å². The van der Waals surface area contributed by atoms with Gasteiger partial charge in [0.15, 0.2) is 11.6 Å². The molecule has 0 amide bonds. The molecule has 0 saturated carbocycles. The molecule has 0 saturated heterocycles. The van der Waals surface area contributed by atoms with E-state index in [1.807, 2.05) is 0 Å². The highest BCUT2D eigenvalue weighted by molar-refractivity contribution is 6.45. The van der Waals surface area contributed by atoms with Gasteiger partial charge in [0, 0.05) is 31.1 Å². The Labute approximate surface area is 118 Å². The average molecular weight is 283 g/mol. The fourth-order valence-corrected chi connectivity index (χ4v) is 2.20. The molecule has 1 N–H and O–H groups in total. The van der Waals surface area contributed by atoms with E-state index in [4.69, 9.17) is 0 Å². The van der Waals surface area contributed by atoms with Crippen LogP contribution in [0.5, 0.6) is 0 Å². The van der Waals surface area contributed by atoms with Crippen molar-refractivity contribution in [2.75, 3.05) is 0 Å². The van der Waals surface area contributed by atoms with E-state index in [0.717, 1.165) is 13.1 Å². The van der Waals surface area contributed by atoms with Crippen LogP contribution in [0.2, 0.25) is 0 Å². The van der Waals surface area contributed by atoms with Crippen molar-refractivity contribution in [3.8, 4) is 11.3 Å². The first-order chi connectivity index (χ1) is 10.1. The number of hydrogen-bond donors (Lipinski definition) is 1. The lowest BCUT2D eigenvalue weighted by Gasteiger charge is -2.03. The number of aromatic amines is 1. The second kappa shape index (κ2) is 4.90. The monoisotopic (exact) mass is 283 g/mol. The number of Topliss-reactive ketones (excluding diaryl/α,β-unsaturated/α-hetero) is 2. The van der Waals surface area contributed by atoms with E-state index in [1.54, 1.807) is 24.5 Å². The molecule has 3 aromatic heterocycles. The average Bonchev–Trinajstić information content (AvgIpc) is 2.93. The van der Waals surface area contributed by atoms with Crippen LogP contribution in [0.15, 0.2) is 36.9 Å². The predicted molar refractivity (Wildman–Crippen MR) is 74.3 cm³/mol. The lowest BCUT2D eigenvalue weighted by atomic mass is 10.1. The summed E-state index contributed by atoms with van der Waals surface area (Å²) >= 11 is 0. The molecule has 0 radical (unpaired) electrons. The molecule has 0 aliphatic heterocycles. The van der Waals surface area contributed by atoms with Gasteiger partial charge in [0.05, 0.1) is 28.4 Å². The van der Waals surface area contributed by atoms with E-state index < -0.39 is 17.4 Å². The maximum Gasteiger partial charge on any atom is 0.230 e. The van der Waals surface area contributed by atoms with Crippen LogP contribution in [-0.4, -0.2) is 26.5 Å². The third-order valence-electron chi connectivity index (χ3n) is 3.16. The smallest absolute Gasteiger partial charge is 0.230 e. The molecule has 0 spiro atoms. The SMILES string of the molecule is CC(=O)C(=O)c1c[nH]c2c(-c3cccnc3)ncc(F)c12. The third kappa shape index (κ3) is 2.10. The van der Waals surface area contributed by atoms with Crippen molar-refractivity contribution in [3.05, 3.63) is 48.3 Å². The van der Waals surface area contributed by atoms with Gasteiger partial charge in [-0.05, 0) is 12.1 Å². The normalized spacial score (nSPS) is 10.8. The predicted octanol–water partition coefficient (Wildman–Crippen LogP) is 2.54. The van der Waals surface area contributed by atoms with Gasteiger partial charge in [-0.25, -0.2) is 4.39 Å². The van der Waals surface area contributed by atoms with Crippen molar-refractivity contribution in [3.63, 3.8) is 0 Å². The van der Waals surface area contributed by atoms with Crippen molar-refractivity contribution in [1.82, 2.24) is 15.0 Å². The summed E-state index contributed by atoms with van der Waals surface area (Å²) in [7, 11) is 0. The summed E-state index contributed by atoms with van der Waals surface area (Å²) in [6, 6.07) is 3.51. The number of nitrogens with one attached hydrogen (secondary N) is 1. The lowest BCUT2D eigenvalue weighted by Crippen LogP contribution is -2.09. The van der Waals surface area contributed by atoms with Crippen LogP contribution in [0.4, 0.5) is 4.39 Å². The molecule has 0 atom stereocenters. The van der Waals surface area contributed by atoms with E-state index in [1.165, 1.54) is 6.20 Å². The van der Waals surface area contributed by atoms with Gasteiger partial charge >= 0.3 is 0 Å². The molecule has 0 fully saturated rings. The van der Waals surface area contributed by atoms with Gasteiger partial charge in [-0.15, -0.1) is 0 Å². The molecule has 0 aliphatic rings. The standard InChI is InChI=1S/C15H10FN3O2/c1-8(20)15(21)10-6-18-14-12(10)11(16)7-19-13(14)9-3-2-4-17-5-9/h2-7,18H,1H3. The lowest BCUT2D eigenvalue weighted by molar-refractivity contribution is -0.113. The molecule has 3 heterocycles. The zero-order chi connectivity index (χ0) is 15.0. The molecule has 0 bridgehead atoms. The minimum atomic E-state index is -0.733. The van der Waals surface area contributed by atoms with Crippen molar-refractivity contribution in [2.24, 2.45) is 0 Å². The Morgan fingerprint density at radius 3 is 2.76 bits per heavy atom. The zero-order valence-corrected chi connectivity index (χ0v) is 11.1. The minimum Gasteiger partial charge on any atom is -0.359 e. The Morgan fingerprint density at radius 2 is 2.10 bits per heavy atom. The second-order valence-electron chi connectivity index (χ2n) is 4.53. The molecule has 21 heavy (non-hydrogen) atoms. The number of carbonyl (C=O) groups excluding carboxylic acids is 2. The van der Waals surface area contributed by atoms with Crippen molar-refractivity contribution < 1.29 is 14.0 Å². The molecule has 5 nitrogen and oxygen atoms in total. The first-order valence-corrected chi connectivity index (χ1v) is 6.21. The largest absolute Gasteiger partial charge is 0.359 e. The highest BCUT2D eigenvalue weighted by atomic mass is 19.1. The van der Waals surface area contributed by atoms with Gasteiger partial charge < -0.3 is 4.98 Å². The number of H-pyrrole nitrogens is 1. The van der Waals surface area contributed by atoms with Gasteiger partial charge in [0.25, 0.3) is 0 Å². The van der Waals surface area contributed by atoms with Crippen LogP contribution >= 0.6 is 0 Å². The minimum absolute atomic E-state index is 0.0162. The van der Waals surface area contributed by atoms with E-state index in [2.05, 4.69) is 15.0 Å². The molecule has 3 rings (SSSR count). The fourth-order valence-electron chi connectivity index (χ4n) is 2.20. The number of fused-ring (bicyclic) bond motifs is 1. The van der Waals surface area contributed by atoms with Crippen LogP contribution in [0, 0.1) is 5.82 Å². The number of halogens is 1. The Hall–Kier alpha value is -2.89. The van der Waals surface area contributed by atoms with Gasteiger partial charge in [0.2, 0.25) is 5.78 Å². The molecular weight excluding hydrogens is 273 g/mol. The molecular formula is C15H10FN3O2. The number of rotatable bonds is 3. The Bertz CT molecular complexity index is 856. The van der Waals surface area contributed by atoms with Crippen LogP contribution in [0.1, 0.15) is 17.3 Å². The molecule has 0 aromatic carbocycles. The molecule has 104 valence electrons. The van der Waals surface area contributed by atoms with Crippen molar-refractivity contribution in [2.45, 2.75) is 6.92 Å². The third-order valence-corrected chi connectivity index (χ3v) is 3.16. The summed E-state index contributed by atoms with van der Waals surface area (Å²) in [6.45, 7) is 1.16. The van der Waals surface area contributed by atoms with Gasteiger partial charge in [-0.1, -0.05) is 0 Å². The van der Waals surface area contributed by atoms with Gasteiger partial charge in [-0.2, -0.15) is 0 Å². The van der Waals surface area contributed by atoms with E-state index in [-0.39, 0.29) is 10.9 Å². The number of aromatic nitrogens is 3. The molecule has 0 unspecified atom stereocenters. The Kier molecular flexibility index (Phi) is 3.06. The molecule has 6 heteroatoms. The Morgan fingerprint density at radius 1 is 1.29 bits per heavy atom. The number of pyridine rings is 2. The first-order valence-electron chi connectivity index (χ1n) is 6.21. The zero-order valence-electron chi connectivity index (χ0n) is 11.1. The maximum absolute atomic E-state index is 14.0. The summed E-state index contributed by atoms with van der Waals surface area (Å²) in [5.74, 6) is -2.03. The summed E-state index contributed by atoms with van der Waals surface area (Å²) < 4.78 is 14.0. The van der Waals surface area contributed by atoms with Crippen LogP contribution in [-0.2, 0) is 4.79 Å². The number of carbonyl (C=O) groups is 2. The topological polar surface area (TPSA) is 75.7 Å².